The number of amides is 1. The molecule has 0 atom stereocenters. The van der Waals surface area contributed by atoms with E-state index in [2.05, 4.69) is 28.1 Å². The minimum Gasteiger partial charge on any atom is -0.493 e. The highest BCUT2D eigenvalue weighted by atomic mass is 16.5. The third-order valence-electron chi connectivity index (χ3n) is 5.94. The van der Waals surface area contributed by atoms with E-state index in [1.54, 1.807) is 12.5 Å². The lowest BCUT2D eigenvalue weighted by atomic mass is 10.1. The maximum atomic E-state index is 12.9. The van der Waals surface area contributed by atoms with Crippen LogP contribution >= 0.6 is 0 Å². The van der Waals surface area contributed by atoms with Crippen LogP contribution in [0.25, 0.3) is 0 Å². The van der Waals surface area contributed by atoms with Crippen molar-refractivity contribution >= 4 is 5.91 Å². The molecule has 1 fully saturated rings. The van der Waals surface area contributed by atoms with Crippen LogP contribution in [0.5, 0.6) is 5.75 Å². The van der Waals surface area contributed by atoms with Gasteiger partial charge >= 0.3 is 0 Å². The second-order valence-corrected chi connectivity index (χ2v) is 8.04. The number of fused-ring (bicyclic) bond motifs is 1. The average Bonchev–Trinajstić information content (AvgIpc) is 3.46. The predicted molar refractivity (Wildman–Crippen MR) is 115 cm³/mol. The van der Waals surface area contributed by atoms with Gasteiger partial charge in [-0.05, 0) is 34.9 Å². The van der Waals surface area contributed by atoms with Gasteiger partial charge in [0.2, 0.25) is 0 Å². The number of piperazine rings is 1. The molecule has 0 unspecified atom stereocenters. The van der Waals surface area contributed by atoms with Gasteiger partial charge in [-0.25, -0.2) is 4.98 Å². The van der Waals surface area contributed by atoms with Crippen LogP contribution in [0.3, 0.4) is 0 Å². The molecule has 1 saturated heterocycles. The number of carbonyl (C=O) groups is 1. The zero-order valence-corrected chi connectivity index (χ0v) is 17.0. The van der Waals surface area contributed by atoms with Crippen molar-refractivity contribution in [3.8, 4) is 5.75 Å². The van der Waals surface area contributed by atoms with E-state index in [1.165, 1.54) is 11.1 Å². The molecule has 1 aromatic heterocycles. The summed E-state index contributed by atoms with van der Waals surface area (Å²) in [5.41, 5.74) is 4.57. The molecule has 154 valence electrons. The molecule has 30 heavy (non-hydrogen) atoms. The van der Waals surface area contributed by atoms with Gasteiger partial charge in [0.25, 0.3) is 5.91 Å². The van der Waals surface area contributed by atoms with Crippen molar-refractivity contribution < 1.29 is 9.53 Å². The Kier molecular flexibility index (Phi) is 5.24. The molecule has 3 heterocycles. The van der Waals surface area contributed by atoms with E-state index in [4.69, 9.17) is 4.74 Å². The molecule has 5 rings (SSSR count). The molecule has 0 aliphatic carbocycles. The summed E-state index contributed by atoms with van der Waals surface area (Å²) >= 11 is 0. The van der Waals surface area contributed by atoms with Crippen molar-refractivity contribution in [1.82, 2.24) is 19.4 Å². The molecule has 2 aliphatic heterocycles. The van der Waals surface area contributed by atoms with Crippen LogP contribution in [0, 0.1) is 0 Å². The van der Waals surface area contributed by atoms with E-state index in [0.29, 0.717) is 0 Å². The maximum Gasteiger partial charge on any atom is 0.253 e. The van der Waals surface area contributed by atoms with Crippen LogP contribution in [0.4, 0.5) is 0 Å². The number of hydrogen-bond acceptors (Lipinski definition) is 4. The second kappa shape index (κ2) is 8.32. The number of aromatic nitrogens is 2. The molecule has 2 aliphatic rings. The Bertz CT molecular complexity index is 1010. The fourth-order valence-corrected chi connectivity index (χ4v) is 4.23. The van der Waals surface area contributed by atoms with Gasteiger partial charge < -0.3 is 14.2 Å². The molecule has 3 aromatic rings. The number of benzene rings is 2. The average molecular weight is 402 g/mol. The zero-order valence-electron chi connectivity index (χ0n) is 17.0. The van der Waals surface area contributed by atoms with Crippen molar-refractivity contribution in [2.75, 3.05) is 32.8 Å². The first-order chi connectivity index (χ1) is 14.7. The van der Waals surface area contributed by atoms with Crippen LogP contribution < -0.4 is 4.74 Å². The summed E-state index contributed by atoms with van der Waals surface area (Å²) in [6.45, 7) is 5.83. The number of ether oxygens (including phenoxy) is 1. The molecule has 1 amide bonds. The molecule has 0 saturated carbocycles. The summed E-state index contributed by atoms with van der Waals surface area (Å²) in [6.07, 6.45) is 6.52. The van der Waals surface area contributed by atoms with E-state index in [-0.39, 0.29) is 5.91 Å². The summed E-state index contributed by atoms with van der Waals surface area (Å²) in [4.78, 5) is 21.4. The van der Waals surface area contributed by atoms with E-state index in [0.717, 1.165) is 69.2 Å². The molecular formula is C24H26N4O2. The van der Waals surface area contributed by atoms with Gasteiger partial charge in [0, 0.05) is 63.6 Å². The normalized spacial score (nSPS) is 16.3. The summed E-state index contributed by atoms with van der Waals surface area (Å²) in [5, 5.41) is 0. The quantitative estimate of drug-likeness (QED) is 0.659. The predicted octanol–water partition coefficient (Wildman–Crippen LogP) is 2.82. The lowest BCUT2D eigenvalue weighted by molar-refractivity contribution is 0.0628. The molecule has 0 bridgehead atoms. The third-order valence-corrected chi connectivity index (χ3v) is 5.94. The minimum absolute atomic E-state index is 0.124. The second-order valence-electron chi connectivity index (χ2n) is 8.04. The minimum atomic E-state index is 0.124. The summed E-state index contributed by atoms with van der Waals surface area (Å²) in [5.74, 6) is 1.16. The first-order valence-corrected chi connectivity index (χ1v) is 10.6. The maximum absolute atomic E-state index is 12.9. The number of rotatable bonds is 5. The molecule has 0 N–H and O–H groups in total. The highest BCUT2D eigenvalue weighted by Crippen LogP contribution is 2.26. The van der Waals surface area contributed by atoms with Gasteiger partial charge in [-0.15, -0.1) is 0 Å². The Morgan fingerprint density at radius 2 is 1.77 bits per heavy atom. The monoisotopic (exact) mass is 402 g/mol. The van der Waals surface area contributed by atoms with Gasteiger partial charge in [0.1, 0.15) is 5.75 Å². The lowest BCUT2D eigenvalue weighted by Crippen LogP contribution is -2.48. The lowest BCUT2D eigenvalue weighted by Gasteiger charge is -2.35. The number of imidazole rings is 1. The van der Waals surface area contributed by atoms with Crippen LogP contribution in [0.2, 0.25) is 0 Å². The number of nitrogens with zero attached hydrogens (tertiary/aromatic N) is 4. The Labute approximate surface area is 176 Å². The molecular weight excluding hydrogens is 376 g/mol. The van der Waals surface area contributed by atoms with E-state index >= 15 is 0 Å². The van der Waals surface area contributed by atoms with Gasteiger partial charge in [0.15, 0.2) is 0 Å². The topological polar surface area (TPSA) is 50.6 Å². The summed E-state index contributed by atoms with van der Waals surface area (Å²) in [6, 6.07) is 14.5. The van der Waals surface area contributed by atoms with E-state index in [9.17, 15) is 4.79 Å². The first-order valence-electron chi connectivity index (χ1n) is 10.6. The van der Waals surface area contributed by atoms with Crippen LogP contribution in [0.1, 0.15) is 27.0 Å². The van der Waals surface area contributed by atoms with Gasteiger partial charge in [-0.2, -0.15) is 0 Å². The number of carbonyl (C=O) groups excluding carboxylic acids is 1. The van der Waals surface area contributed by atoms with E-state index in [1.807, 2.05) is 39.9 Å². The first kappa shape index (κ1) is 18.9. The van der Waals surface area contributed by atoms with Crippen molar-refractivity contribution in [1.29, 1.82) is 0 Å². The van der Waals surface area contributed by atoms with Gasteiger partial charge in [-0.3, -0.25) is 9.69 Å². The zero-order chi connectivity index (χ0) is 20.3. The fourth-order valence-electron chi connectivity index (χ4n) is 4.23. The Morgan fingerprint density at radius 1 is 0.967 bits per heavy atom. The summed E-state index contributed by atoms with van der Waals surface area (Å²) in [7, 11) is 0. The molecule has 6 nitrogen and oxygen atoms in total. The summed E-state index contributed by atoms with van der Waals surface area (Å²) < 4.78 is 7.62. The van der Waals surface area contributed by atoms with Crippen molar-refractivity contribution in [2.24, 2.45) is 0 Å². The highest BCUT2D eigenvalue weighted by molar-refractivity contribution is 5.94. The standard InChI is InChI=1S/C24H26N4O2/c29-24(21-4-1-19(2-5-21)16-27-9-8-25-18-27)28-12-10-26(11-13-28)17-20-3-6-23-22(15-20)7-14-30-23/h1-6,8-9,15,18H,7,10-14,16-17H2. The SMILES string of the molecule is O=C(c1ccc(Cn2ccnc2)cc1)N1CCN(Cc2ccc3c(c2)CCO3)CC1. The molecule has 0 radical (unpaired) electrons. The Hall–Kier alpha value is -3.12. The third kappa shape index (κ3) is 4.09. The highest BCUT2D eigenvalue weighted by Gasteiger charge is 2.22. The smallest absolute Gasteiger partial charge is 0.253 e. The Balaban J connectivity index is 1.15. The Morgan fingerprint density at radius 3 is 2.53 bits per heavy atom. The fraction of sp³-hybridized carbons (Fsp3) is 0.333. The molecule has 0 spiro atoms. The van der Waals surface area contributed by atoms with Crippen LogP contribution in [-0.2, 0) is 19.5 Å². The number of hydrogen-bond donors (Lipinski definition) is 0. The van der Waals surface area contributed by atoms with Gasteiger partial charge in [0.05, 0.1) is 12.9 Å². The van der Waals surface area contributed by atoms with Gasteiger partial charge in [-0.1, -0.05) is 24.3 Å². The molecule has 6 heteroatoms. The van der Waals surface area contributed by atoms with Crippen molar-refractivity contribution in [3.05, 3.63) is 83.4 Å². The molecule has 2 aromatic carbocycles. The van der Waals surface area contributed by atoms with E-state index < -0.39 is 0 Å². The van der Waals surface area contributed by atoms with Crippen LogP contribution in [-0.4, -0.2) is 58.0 Å². The van der Waals surface area contributed by atoms with Crippen molar-refractivity contribution in [2.45, 2.75) is 19.5 Å². The largest absolute Gasteiger partial charge is 0.493 e. The van der Waals surface area contributed by atoms with Crippen LogP contribution in [0.15, 0.2) is 61.2 Å². The van der Waals surface area contributed by atoms with Crippen molar-refractivity contribution in [3.63, 3.8) is 0 Å².